The summed E-state index contributed by atoms with van der Waals surface area (Å²) in [5, 5.41) is 6.03. The number of thiophene rings is 1. The molecule has 2 rings (SSSR count). The molecular formula is C16H26BrNS. The van der Waals surface area contributed by atoms with Crippen molar-refractivity contribution in [3.8, 4) is 0 Å². The molecule has 0 aromatic carbocycles. The SMILES string of the molecule is CCCNC(Cc1cc(Br)cs1)C1(C)CCCCC1. The van der Waals surface area contributed by atoms with Crippen molar-refractivity contribution in [2.45, 2.75) is 64.8 Å². The number of hydrogen-bond acceptors (Lipinski definition) is 2. The van der Waals surface area contributed by atoms with Crippen LogP contribution in [0, 0.1) is 5.41 Å². The predicted octanol–water partition coefficient (Wildman–Crippen LogP) is 5.39. The van der Waals surface area contributed by atoms with Gasteiger partial charge in [-0.15, -0.1) is 11.3 Å². The maximum Gasteiger partial charge on any atom is 0.0285 e. The molecule has 1 N–H and O–H groups in total. The summed E-state index contributed by atoms with van der Waals surface area (Å²) >= 11 is 5.46. The monoisotopic (exact) mass is 343 g/mol. The molecule has 1 atom stereocenters. The molecule has 1 saturated carbocycles. The highest BCUT2D eigenvalue weighted by atomic mass is 79.9. The highest BCUT2D eigenvalue weighted by Gasteiger charge is 2.35. The fourth-order valence-electron chi connectivity index (χ4n) is 3.25. The second-order valence-electron chi connectivity index (χ2n) is 6.16. The standard InChI is InChI=1S/C16H26BrNS/c1-3-9-18-15(11-14-10-13(17)12-19-14)16(2)7-5-4-6-8-16/h10,12,15,18H,3-9,11H2,1-2H3. The Bertz CT molecular complexity index is 382. The molecule has 0 bridgehead atoms. The van der Waals surface area contributed by atoms with Crippen molar-refractivity contribution in [3.05, 3.63) is 20.8 Å². The molecule has 1 aromatic heterocycles. The van der Waals surface area contributed by atoms with Crippen molar-refractivity contribution in [3.63, 3.8) is 0 Å². The molecule has 1 nitrogen and oxygen atoms in total. The molecule has 3 heteroatoms. The van der Waals surface area contributed by atoms with Gasteiger partial charge in [0.2, 0.25) is 0 Å². The van der Waals surface area contributed by atoms with Crippen LogP contribution in [-0.2, 0) is 6.42 Å². The molecule has 108 valence electrons. The summed E-state index contributed by atoms with van der Waals surface area (Å²) in [6, 6.07) is 2.93. The van der Waals surface area contributed by atoms with Crippen LogP contribution in [0.5, 0.6) is 0 Å². The van der Waals surface area contributed by atoms with Gasteiger partial charge in [0, 0.05) is 20.8 Å². The Morgan fingerprint density at radius 2 is 2.11 bits per heavy atom. The number of hydrogen-bond donors (Lipinski definition) is 1. The lowest BCUT2D eigenvalue weighted by Gasteiger charge is -2.41. The fraction of sp³-hybridized carbons (Fsp3) is 0.750. The molecular weight excluding hydrogens is 318 g/mol. The third-order valence-corrected chi connectivity index (χ3v) is 6.22. The van der Waals surface area contributed by atoms with Crippen molar-refractivity contribution in [1.29, 1.82) is 0 Å². The minimum absolute atomic E-state index is 0.490. The molecule has 1 unspecified atom stereocenters. The predicted molar refractivity (Wildman–Crippen MR) is 89.0 cm³/mol. The van der Waals surface area contributed by atoms with E-state index in [4.69, 9.17) is 0 Å². The zero-order valence-corrected chi connectivity index (χ0v) is 14.6. The lowest BCUT2D eigenvalue weighted by molar-refractivity contribution is 0.144. The van der Waals surface area contributed by atoms with Gasteiger partial charge in [0.15, 0.2) is 0 Å². The molecule has 0 spiro atoms. The highest BCUT2D eigenvalue weighted by Crippen LogP contribution is 2.40. The summed E-state index contributed by atoms with van der Waals surface area (Å²) in [6.45, 7) is 5.91. The van der Waals surface area contributed by atoms with Gasteiger partial charge in [0.05, 0.1) is 0 Å². The Morgan fingerprint density at radius 1 is 1.37 bits per heavy atom. The van der Waals surface area contributed by atoms with Gasteiger partial charge in [-0.05, 0) is 59.6 Å². The fourth-order valence-corrected chi connectivity index (χ4v) is 4.75. The third-order valence-electron chi connectivity index (χ3n) is 4.50. The summed E-state index contributed by atoms with van der Waals surface area (Å²) in [4.78, 5) is 1.51. The number of halogens is 1. The van der Waals surface area contributed by atoms with Gasteiger partial charge in [-0.25, -0.2) is 0 Å². The van der Waals surface area contributed by atoms with Crippen LogP contribution < -0.4 is 5.32 Å². The van der Waals surface area contributed by atoms with Crippen molar-refractivity contribution in [2.24, 2.45) is 5.41 Å². The molecule has 0 aliphatic heterocycles. The second kappa shape index (κ2) is 7.24. The van der Waals surface area contributed by atoms with Gasteiger partial charge in [-0.3, -0.25) is 0 Å². The second-order valence-corrected chi connectivity index (χ2v) is 8.07. The van der Waals surface area contributed by atoms with Crippen LogP contribution in [0.4, 0.5) is 0 Å². The highest BCUT2D eigenvalue weighted by molar-refractivity contribution is 9.10. The van der Waals surface area contributed by atoms with E-state index in [1.807, 2.05) is 11.3 Å². The van der Waals surface area contributed by atoms with Gasteiger partial charge in [-0.1, -0.05) is 33.1 Å². The Labute approximate surface area is 130 Å². The smallest absolute Gasteiger partial charge is 0.0285 e. The van der Waals surface area contributed by atoms with Gasteiger partial charge in [0.1, 0.15) is 0 Å². The van der Waals surface area contributed by atoms with Crippen LogP contribution in [-0.4, -0.2) is 12.6 Å². The van der Waals surface area contributed by atoms with Crippen molar-refractivity contribution < 1.29 is 0 Å². The quantitative estimate of drug-likeness (QED) is 0.729. The molecule has 1 heterocycles. The van der Waals surface area contributed by atoms with Crippen LogP contribution in [0.2, 0.25) is 0 Å². The van der Waals surface area contributed by atoms with Crippen LogP contribution in [0.1, 0.15) is 57.2 Å². The first-order chi connectivity index (χ1) is 9.14. The van der Waals surface area contributed by atoms with E-state index in [0.717, 1.165) is 6.54 Å². The number of nitrogens with one attached hydrogen (secondary N) is 1. The third kappa shape index (κ3) is 4.30. The first-order valence-corrected chi connectivity index (χ1v) is 9.27. The minimum Gasteiger partial charge on any atom is -0.313 e. The van der Waals surface area contributed by atoms with Gasteiger partial charge < -0.3 is 5.32 Å². The van der Waals surface area contributed by atoms with E-state index >= 15 is 0 Å². The molecule has 1 aliphatic carbocycles. The molecule has 0 amide bonds. The van der Waals surface area contributed by atoms with Crippen LogP contribution in [0.25, 0.3) is 0 Å². The van der Waals surface area contributed by atoms with E-state index in [1.54, 1.807) is 0 Å². The summed E-state index contributed by atoms with van der Waals surface area (Å²) in [5.74, 6) is 0. The molecule has 1 fully saturated rings. The maximum atomic E-state index is 3.83. The lowest BCUT2D eigenvalue weighted by atomic mass is 9.69. The van der Waals surface area contributed by atoms with E-state index in [0.29, 0.717) is 11.5 Å². The average Bonchev–Trinajstić information content (AvgIpc) is 2.81. The average molecular weight is 344 g/mol. The first-order valence-electron chi connectivity index (χ1n) is 7.60. The molecule has 0 radical (unpaired) electrons. The Morgan fingerprint density at radius 3 is 2.68 bits per heavy atom. The Balaban J connectivity index is 2.05. The zero-order chi connectivity index (χ0) is 13.7. The Hall–Kier alpha value is 0.140. The molecule has 19 heavy (non-hydrogen) atoms. The largest absolute Gasteiger partial charge is 0.313 e. The van der Waals surface area contributed by atoms with E-state index in [-0.39, 0.29) is 0 Å². The minimum atomic E-state index is 0.490. The summed E-state index contributed by atoms with van der Waals surface area (Å²) < 4.78 is 1.23. The van der Waals surface area contributed by atoms with Gasteiger partial charge in [-0.2, -0.15) is 0 Å². The van der Waals surface area contributed by atoms with E-state index in [2.05, 4.69) is 46.5 Å². The normalized spacial score (nSPS) is 20.4. The van der Waals surface area contributed by atoms with Gasteiger partial charge in [0.25, 0.3) is 0 Å². The Kier molecular flexibility index (Phi) is 5.91. The van der Waals surface area contributed by atoms with Crippen LogP contribution in [0.3, 0.4) is 0 Å². The topological polar surface area (TPSA) is 12.0 Å². The van der Waals surface area contributed by atoms with E-state index in [1.165, 1.54) is 54.3 Å². The maximum absolute atomic E-state index is 3.83. The number of rotatable bonds is 6. The van der Waals surface area contributed by atoms with Crippen LogP contribution >= 0.6 is 27.3 Å². The molecule has 1 aliphatic rings. The lowest BCUT2D eigenvalue weighted by Crippen LogP contribution is -2.46. The van der Waals surface area contributed by atoms with Crippen LogP contribution in [0.15, 0.2) is 15.9 Å². The summed E-state index contributed by atoms with van der Waals surface area (Å²) in [5.41, 5.74) is 0.490. The summed E-state index contributed by atoms with van der Waals surface area (Å²) in [6.07, 6.45) is 9.44. The van der Waals surface area contributed by atoms with E-state index in [9.17, 15) is 0 Å². The molecule has 1 aromatic rings. The van der Waals surface area contributed by atoms with Crippen molar-refractivity contribution in [1.82, 2.24) is 5.32 Å². The summed E-state index contributed by atoms with van der Waals surface area (Å²) in [7, 11) is 0. The van der Waals surface area contributed by atoms with Crippen molar-refractivity contribution >= 4 is 27.3 Å². The first kappa shape index (κ1) is 15.5. The van der Waals surface area contributed by atoms with Crippen molar-refractivity contribution in [2.75, 3.05) is 6.54 Å². The van der Waals surface area contributed by atoms with E-state index < -0.39 is 0 Å². The van der Waals surface area contributed by atoms with Gasteiger partial charge >= 0.3 is 0 Å². The molecule has 0 saturated heterocycles. The zero-order valence-electron chi connectivity index (χ0n) is 12.2.